The van der Waals surface area contributed by atoms with Crippen molar-refractivity contribution in [2.45, 2.75) is 13.0 Å². The van der Waals surface area contributed by atoms with Crippen molar-refractivity contribution in [1.82, 2.24) is 4.90 Å². The van der Waals surface area contributed by atoms with E-state index < -0.39 is 0 Å². The summed E-state index contributed by atoms with van der Waals surface area (Å²) < 4.78 is 15.9. The molecule has 1 unspecified atom stereocenters. The van der Waals surface area contributed by atoms with E-state index in [-0.39, 0.29) is 11.9 Å². The van der Waals surface area contributed by atoms with Crippen molar-refractivity contribution in [1.29, 1.82) is 0 Å². The summed E-state index contributed by atoms with van der Waals surface area (Å²) in [5.41, 5.74) is 1.44. The molecule has 0 radical (unpaired) electrons. The molecule has 2 aromatic rings. The Morgan fingerprint density at radius 2 is 1.62 bits per heavy atom. The van der Waals surface area contributed by atoms with Crippen molar-refractivity contribution < 1.29 is 19.0 Å². The van der Waals surface area contributed by atoms with E-state index in [1.165, 1.54) is 7.11 Å². The van der Waals surface area contributed by atoms with Crippen LogP contribution < -0.4 is 14.2 Å². The Hall–Kier alpha value is -2.69. The molecular weight excluding hydrogens is 306 g/mol. The van der Waals surface area contributed by atoms with Crippen LogP contribution in [-0.2, 0) is 0 Å². The monoisotopic (exact) mass is 329 g/mol. The number of benzene rings is 2. The summed E-state index contributed by atoms with van der Waals surface area (Å²) in [5, 5.41) is 0. The summed E-state index contributed by atoms with van der Waals surface area (Å²) in [6, 6.07) is 12.7. The van der Waals surface area contributed by atoms with E-state index in [1.807, 2.05) is 31.2 Å². The normalized spacial score (nSPS) is 11.5. The van der Waals surface area contributed by atoms with Crippen molar-refractivity contribution in [3.63, 3.8) is 0 Å². The molecule has 0 aromatic heterocycles. The maximum Gasteiger partial charge on any atom is 0.257 e. The van der Waals surface area contributed by atoms with Gasteiger partial charge in [0.1, 0.15) is 17.2 Å². The van der Waals surface area contributed by atoms with Crippen LogP contribution >= 0.6 is 0 Å². The minimum atomic E-state index is -0.152. The van der Waals surface area contributed by atoms with Crippen LogP contribution in [-0.4, -0.2) is 39.2 Å². The Kier molecular flexibility index (Phi) is 5.68. The zero-order valence-corrected chi connectivity index (χ0v) is 14.7. The smallest absolute Gasteiger partial charge is 0.257 e. The highest BCUT2D eigenvalue weighted by molar-refractivity contribution is 5.97. The number of para-hydroxylation sites is 1. The van der Waals surface area contributed by atoms with Gasteiger partial charge in [0, 0.05) is 18.7 Å². The Balaban J connectivity index is 2.32. The van der Waals surface area contributed by atoms with E-state index in [9.17, 15) is 4.79 Å². The van der Waals surface area contributed by atoms with E-state index in [0.29, 0.717) is 17.1 Å². The first-order valence-electron chi connectivity index (χ1n) is 7.65. The second-order valence-electron chi connectivity index (χ2n) is 5.40. The number of hydrogen-bond donors (Lipinski definition) is 0. The molecule has 5 nitrogen and oxygen atoms in total. The Morgan fingerprint density at radius 1 is 0.958 bits per heavy atom. The number of amides is 1. The fraction of sp³-hybridized carbons (Fsp3) is 0.316. The second kappa shape index (κ2) is 7.73. The Bertz CT molecular complexity index is 714. The van der Waals surface area contributed by atoms with Crippen molar-refractivity contribution in [2.24, 2.45) is 0 Å². The van der Waals surface area contributed by atoms with Gasteiger partial charge in [0.2, 0.25) is 0 Å². The van der Waals surface area contributed by atoms with Gasteiger partial charge in [-0.15, -0.1) is 0 Å². The minimum absolute atomic E-state index is 0.132. The summed E-state index contributed by atoms with van der Waals surface area (Å²) in [6.07, 6.45) is 0. The zero-order valence-electron chi connectivity index (χ0n) is 14.7. The van der Waals surface area contributed by atoms with Crippen LogP contribution in [0.15, 0.2) is 42.5 Å². The third-order valence-corrected chi connectivity index (χ3v) is 4.13. The quantitative estimate of drug-likeness (QED) is 0.813. The molecule has 0 aliphatic heterocycles. The molecule has 0 saturated heterocycles. The highest BCUT2D eigenvalue weighted by Crippen LogP contribution is 2.31. The highest BCUT2D eigenvalue weighted by atomic mass is 16.5. The van der Waals surface area contributed by atoms with Crippen molar-refractivity contribution in [3.8, 4) is 17.2 Å². The highest BCUT2D eigenvalue weighted by Gasteiger charge is 2.24. The standard InChI is InChI=1S/C19H23NO4/c1-13(15-8-6-7-9-17(15)23-4)20(2)19(21)16-11-10-14(22-3)12-18(16)24-5/h6-13H,1-5H3. The average Bonchev–Trinajstić information content (AvgIpc) is 2.65. The minimum Gasteiger partial charge on any atom is -0.497 e. The van der Waals surface area contributed by atoms with E-state index in [1.54, 1.807) is 44.4 Å². The molecule has 5 heteroatoms. The van der Waals surface area contributed by atoms with E-state index in [4.69, 9.17) is 14.2 Å². The van der Waals surface area contributed by atoms with E-state index >= 15 is 0 Å². The predicted molar refractivity (Wildman–Crippen MR) is 93.0 cm³/mol. The fourth-order valence-electron chi connectivity index (χ4n) is 2.56. The Labute approximate surface area is 142 Å². The Morgan fingerprint density at radius 3 is 2.25 bits per heavy atom. The lowest BCUT2D eigenvalue weighted by atomic mass is 10.0. The molecule has 0 fully saturated rings. The van der Waals surface area contributed by atoms with Crippen LogP contribution in [0.2, 0.25) is 0 Å². The predicted octanol–water partition coefficient (Wildman–Crippen LogP) is 3.55. The van der Waals surface area contributed by atoms with Crippen LogP contribution in [0, 0.1) is 0 Å². The molecule has 0 heterocycles. The number of ether oxygens (including phenoxy) is 3. The van der Waals surface area contributed by atoms with Crippen LogP contribution in [0.25, 0.3) is 0 Å². The molecule has 0 spiro atoms. The lowest BCUT2D eigenvalue weighted by molar-refractivity contribution is 0.0737. The molecule has 0 N–H and O–H groups in total. The van der Waals surface area contributed by atoms with Gasteiger partial charge in [0.25, 0.3) is 5.91 Å². The number of carbonyl (C=O) groups excluding carboxylic acids is 1. The van der Waals surface area contributed by atoms with Gasteiger partial charge in [0.05, 0.1) is 32.9 Å². The first kappa shape index (κ1) is 17.7. The number of rotatable bonds is 6. The first-order valence-corrected chi connectivity index (χ1v) is 7.65. The van der Waals surface area contributed by atoms with Gasteiger partial charge in [-0.05, 0) is 25.1 Å². The first-order chi connectivity index (χ1) is 11.5. The molecule has 0 bridgehead atoms. The topological polar surface area (TPSA) is 48.0 Å². The maximum absolute atomic E-state index is 12.9. The summed E-state index contributed by atoms with van der Waals surface area (Å²) in [4.78, 5) is 14.6. The molecule has 0 saturated carbocycles. The molecule has 2 rings (SSSR count). The second-order valence-corrected chi connectivity index (χ2v) is 5.40. The van der Waals surface area contributed by atoms with Gasteiger partial charge < -0.3 is 19.1 Å². The van der Waals surface area contributed by atoms with Gasteiger partial charge >= 0.3 is 0 Å². The molecule has 0 aliphatic rings. The van der Waals surface area contributed by atoms with E-state index in [2.05, 4.69) is 0 Å². The van der Waals surface area contributed by atoms with Gasteiger partial charge in [-0.1, -0.05) is 18.2 Å². The van der Waals surface area contributed by atoms with Crippen LogP contribution in [0.1, 0.15) is 28.9 Å². The molecule has 0 aliphatic carbocycles. The van der Waals surface area contributed by atoms with Crippen molar-refractivity contribution >= 4 is 5.91 Å². The molecule has 128 valence electrons. The largest absolute Gasteiger partial charge is 0.497 e. The molecule has 1 amide bonds. The summed E-state index contributed by atoms with van der Waals surface area (Å²) in [6.45, 7) is 1.96. The molecule has 1 atom stereocenters. The third kappa shape index (κ3) is 3.45. The van der Waals surface area contributed by atoms with Gasteiger partial charge in [-0.25, -0.2) is 0 Å². The number of carbonyl (C=O) groups is 1. The number of methoxy groups -OCH3 is 3. The summed E-state index contributed by atoms with van der Waals surface area (Å²) >= 11 is 0. The van der Waals surface area contributed by atoms with Crippen LogP contribution in [0.5, 0.6) is 17.2 Å². The average molecular weight is 329 g/mol. The van der Waals surface area contributed by atoms with Crippen LogP contribution in [0.4, 0.5) is 0 Å². The number of nitrogens with zero attached hydrogens (tertiary/aromatic N) is 1. The maximum atomic E-state index is 12.9. The van der Waals surface area contributed by atoms with Gasteiger partial charge in [0.15, 0.2) is 0 Å². The van der Waals surface area contributed by atoms with Crippen molar-refractivity contribution in [2.75, 3.05) is 28.4 Å². The SMILES string of the molecule is COc1ccc(C(=O)N(C)C(C)c2ccccc2OC)c(OC)c1. The molecule has 2 aromatic carbocycles. The molecule has 24 heavy (non-hydrogen) atoms. The van der Waals surface area contributed by atoms with E-state index in [0.717, 1.165) is 11.3 Å². The van der Waals surface area contributed by atoms with Gasteiger partial charge in [-0.2, -0.15) is 0 Å². The lowest BCUT2D eigenvalue weighted by Gasteiger charge is -2.27. The molecular formula is C19H23NO4. The van der Waals surface area contributed by atoms with Crippen LogP contribution in [0.3, 0.4) is 0 Å². The van der Waals surface area contributed by atoms with Crippen molar-refractivity contribution in [3.05, 3.63) is 53.6 Å². The lowest BCUT2D eigenvalue weighted by Crippen LogP contribution is -2.30. The summed E-state index contributed by atoms with van der Waals surface area (Å²) in [7, 11) is 6.50. The third-order valence-electron chi connectivity index (χ3n) is 4.13. The number of hydrogen-bond acceptors (Lipinski definition) is 4. The zero-order chi connectivity index (χ0) is 17.7. The summed E-state index contributed by atoms with van der Waals surface area (Å²) in [5.74, 6) is 1.75. The van der Waals surface area contributed by atoms with Gasteiger partial charge in [-0.3, -0.25) is 4.79 Å². The fourth-order valence-corrected chi connectivity index (χ4v) is 2.56.